The van der Waals surface area contributed by atoms with Crippen LogP contribution in [0.4, 0.5) is 18.9 Å². The smallest absolute Gasteiger partial charge is 0.377 e. The number of anilines is 1. The Hall–Kier alpha value is -1.90. The molecular formula is C19H21F3N2O2S. The van der Waals surface area contributed by atoms with Gasteiger partial charge in [0.15, 0.2) is 0 Å². The molecule has 0 aliphatic carbocycles. The van der Waals surface area contributed by atoms with Crippen molar-refractivity contribution in [3.63, 3.8) is 0 Å². The molecule has 1 amide bonds. The molecule has 1 aromatic carbocycles. The minimum Gasteiger partial charge on any atom is -0.377 e. The Kier molecular flexibility index (Phi) is 6.51. The second-order valence-corrected chi connectivity index (χ2v) is 7.54. The molecule has 1 aromatic heterocycles. The summed E-state index contributed by atoms with van der Waals surface area (Å²) < 4.78 is 43.5. The van der Waals surface area contributed by atoms with Crippen LogP contribution in [0.5, 0.6) is 0 Å². The highest BCUT2D eigenvalue weighted by molar-refractivity contribution is 7.09. The van der Waals surface area contributed by atoms with Crippen LogP contribution in [0.15, 0.2) is 41.8 Å². The molecule has 1 N–H and O–H groups in total. The third kappa shape index (κ3) is 6.05. The number of hydrogen-bond acceptors (Lipinski definition) is 4. The van der Waals surface area contributed by atoms with Crippen LogP contribution in [0.1, 0.15) is 23.3 Å². The minimum absolute atomic E-state index is 0.115. The summed E-state index contributed by atoms with van der Waals surface area (Å²) in [6, 6.07) is 8.44. The molecule has 1 aliphatic heterocycles. The van der Waals surface area contributed by atoms with E-state index < -0.39 is 11.7 Å². The molecule has 27 heavy (non-hydrogen) atoms. The molecule has 1 saturated heterocycles. The van der Waals surface area contributed by atoms with Crippen LogP contribution >= 0.6 is 11.3 Å². The van der Waals surface area contributed by atoms with E-state index in [9.17, 15) is 18.0 Å². The van der Waals surface area contributed by atoms with E-state index in [1.165, 1.54) is 12.1 Å². The normalized spacial score (nSPS) is 17.4. The summed E-state index contributed by atoms with van der Waals surface area (Å²) in [5.41, 5.74) is -0.389. The van der Waals surface area contributed by atoms with Gasteiger partial charge in [0, 0.05) is 30.3 Å². The van der Waals surface area contributed by atoms with Gasteiger partial charge in [-0.3, -0.25) is 9.69 Å². The number of halogens is 3. The molecule has 2 heterocycles. The number of benzene rings is 1. The molecule has 0 radical (unpaired) electrons. The highest BCUT2D eigenvalue weighted by Crippen LogP contribution is 2.29. The number of rotatable bonds is 7. The molecule has 2 aromatic rings. The second kappa shape index (κ2) is 8.86. The molecule has 0 saturated carbocycles. The van der Waals surface area contributed by atoms with Gasteiger partial charge in [-0.15, -0.1) is 11.3 Å². The third-order valence-corrected chi connectivity index (χ3v) is 5.17. The van der Waals surface area contributed by atoms with Crippen LogP contribution in [-0.2, 0) is 22.3 Å². The predicted octanol–water partition coefficient (Wildman–Crippen LogP) is 4.39. The van der Waals surface area contributed by atoms with Gasteiger partial charge in [-0.1, -0.05) is 6.07 Å². The van der Waals surface area contributed by atoms with Crippen molar-refractivity contribution < 1.29 is 22.7 Å². The monoisotopic (exact) mass is 398 g/mol. The molecule has 146 valence electrons. The number of amides is 1. The van der Waals surface area contributed by atoms with E-state index in [0.717, 1.165) is 36.5 Å². The van der Waals surface area contributed by atoms with Gasteiger partial charge in [-0.25, -0.2) is 0 Å². The molecule has 4 nitrogen and oxygen atoms in total. The van der Waals surface area contributed by atoms with Gasteiger partial charge in [-0.05, 0) is 48.6 Å². The fraction of sp³-hybridized carbons (Fsp3) is 0.421. The van der Waals surface area contributed by atoms with Gasteiger partial charge in [0.1, 0.15) is 0 Å². The first kappa shape index (κ1) is 19.9. The first-order valence-electron chi connectivity index (χ1n) is 8.73. The van der Waals surface area contributed by atoms with E-state index in [1.807, 2.05) is 22.4 Å². The van der Waals surface area contributed by atoms with Gasteiger partial charge in [0.05, 0.1) is 18.2 Å². The van der Waals surface area contributed by atoms with Crippen molar-refractivity contribution in [2.24, 2.45) is 0 Å². The van der Waals surface area contributed by atoms with Crippen LogP contribution in [0, 0.1) is 0 Å². The van der Waals surface area contributed by atoms with Crippen LogP contribution in [-0.4, -0.2) is 36.6 Å². The summed E-state index contributed by atoms with van der Waals surface area (Å²) in [5.74, 6) is -0.260. The Morgan fingerprint density at radius 2 is 2.04 bits per heavy atom. The van der Waals surface area contributed by atoms with Crippen LogP contribution in [0.3, 0.4) is 0 Å². The Bertz CT molecular complexity index is 726. The maximum Gasteiger partial charge on any atom is 0.416 e. The first-order chi connectivity index (χ1) is 12.9. The lowest BCUT2D eigenvalue weighted by molar-refractivity contribution is -0.137. The van der Waals surface area contributed by atoms with Gasteiger partial charge in [0.25, 0.3) is 0 Å². The Morgan fingerprint density at radius 3 is 2.63 bits per heavy atom. The number of thiophene rings is 1. The molecule has 3 rings (SSSR count). The van der Waals surface area contributed by atoms with E-state index in [1.54, 1.807) is 11.3 Å². The van der Waals surface area contributed by atoms with Crippen molar-refractivity contribution in [1.82, 2.24) is 4.90 Å². The fourth-order valence-electron chi connectivity index (χ4n) is 3.03. The van der Waals surface area contributed by atoms with E-state index in [2.05, 4.69) is 5.32 Å². The number of nitrogens with one attached hydrogen (secondary N) is 1. The van der Waals surface area contributed by atoms with E-state index in [0.29, 0.717) is 18.8 Å². The molecule has 1 aliphatic rings. The number of alkyl halides is 3. The second-order valence-electron chi connectivity index (χ2n) is 6.51. The number of hydrogen-bond donors (Lipinski definition) is 1. The van der Waals surface area contributed by atoms with Crippen LogP contribution in [0.25, 0.3) is 0 Å². The van der Waals surface area contributed by atoms with Crippen molar-refractivity contribution in [2.75, 3.05) is 25.0 Å². The Morgan fingerprint density at radius 1 is 1.26 bits per heavy atom. The zero-order valence-corrected chi connectivity index (χ0v) is 15.5. The number of carbonyl (C=O) groups is 1. The van der Waals surface area contributed by atoms with Crippen LogP contribution in [0.2, 0.25) is 0 Å². The lowest BCUT2D eigenvalue weighted by Crippen LogP contribution is -2.37. The summed E-state index contributed by atoms with van der Waals surface area (Å²) in [5, 5.41) is 4.66. The molecule has 0 bridgehead atoms. The molecule has 1 atom stereocenters. The van der Waals surface area contributed by atoms with Crippen molar-refractivity contribution in [3.8, 4) is 0 Å². The maximum absolute atomic E-state index is 12.6. The third-order valence-electron chi connectivity index (χ3n) is 4.31. The number of ether oxygens (including phenoxy) is 1. The number of nitrogens with zero attached hydrogens (tertiary/aromatic N) is 1. The minimum atomic E-state index is -4.39. The summed E-state index contributed by atoms with van der Waals surface area (Å²) in [6.45, 7) is 2.18. The molecule has 1 fully saturated rings. The molecule has 8 heteroatoms. The molecule has 0 unspecified atom stereocenters. The van der Waals surface area contributed by atoms with Gasteiger partial charge in [-0.2, -0.15) is 13.2 Å². The van der Waals surface area contributed by atoms with E-state index >= 15 is 0 Å². The topological polar surface area (TPSA) is 41.6 Å². The van der Waals surface area contributed by atoms with Crippen molar-refractivity contribution >= 4 is 22.9 Å². The highest BCUT2D eigenvalue weighted by Gasteiger charge is 2.30. The summed E-state index contributed by atoms with van der Waals surface area (Å²) in [4.78, 5) is 15.6. The van der Waals surface area contributed by atoms with Gasteiger partial charge < -0.3 is 10.1 Å². The largest absolute Gasteiger partial charge is 0.416 e. The SMILES string of the molecule is O=C(CN(Cc1cccs1)C[C@H]1CCCO1)Nc1ccc(C(F)(F)F)cc1. The highest BCUT2D eigenvalue weighted by atomic mass is 32.1. The fourth-order valence-corrected chi connectivity index (χ4v) is 3.78. The van der Waals surface area contributed by atoms with Crippen molar-refractivity contribution in [3.05, 3.63) is 52.2 Å². The average molecular weight is 398 g/mol. The van der Waals surface area contributed by atoms with E-state index in [-0.39, 0.29) is 18.6 Å². The van der Waals surface area contributed by atoms with Crippen LogP contribution < -0.4 is 5.32 Å². The zero-order valence-electron chi connectivity index (χ0n) is 14.7. The standard InChI is InChI=1S/C19H21F3N2O2S/c20-19(21,22)14-5-7-15(8-6-14)23-18(25)13-24(11-16-3-1-9-26-16)12-17-4-2-10-27-17/h2,4-8,10,16H,1,3,9,11-13H2,(H,23,25)/t16-/m1/s1. The maximum atomic E-state index is 12.6. The quantitative estimate of drug-likeness (QED) is 0.752. The lowest BCUT2D eigenvalue weighted by Gasteiger charge is -2.24. The van der Waals surface area contributed by atoms with Crippen molar-refractivity contribution in [2.45, 2.75) is 31.7 Å². The molecular weight excluding hydrogens is 377 g/mol. The average Bonchev–Trinajstić information content (AvgIpc) is 3.28. The van der Waals surface area contributed by atoms with Crippen molar-refractivity contribution in [1.29, 1.82) is 0 Å². The predicted molar refractivity (Wildman–Crippen MR) is 98.6 cm³/mol. The summed E-state index contributed by atoms with van der Waals surface area (Å²) in [7, 11) is 0. The molecule has 0 spiro atoms. The summed E-state index contributed by atoms with van der Waals surface area (Å²) >= 11 is 1.62. The Balaban J connectivity index is 1.59. The Labute approximate surface area is 159 Å². The first-order valence-corrected chi connectivity index (χ1v) is 9.61. The van der Waals surface area contributed by atoms with E-state index in [4.69, 9.17) is 4.74 Å². The number of carbonyl (C=O) groups excluding carboxylic acids is 1. The summed E-state index contributed by atoms with van der Waals surface area (Å²) in [6.07, 6.45) is -2.28. The zero-order chi connectivity index (χ0) is 19.3. The van der Waals surface area contributed by atoms with Gasteiger partial charge in [0.2, 0.25) is 5.91 Å². The van der Waals surface area contributed by atoms with Gasteiger partial charge >= 0.3 is 6.18 Å². The lowest BCUT2D eigenvalue weighted by atomic mass is 10.2.